The molecule has 88 valence electrons. The van der Waals surface area contributed by atoms with Gasteiger partial charge in [0.15, 0.2) is 0 Å². The number of anilines is 1. The first-order valence-electron chi connectivity index (χ1n) is 5.56. The molecule has 0 saturated carbocycles. The van der Waals surface area contributed by atoms with E-state index < -0.39 is 0 Å². The Morgan fingerprint density at radius 3 is 2.65 bits per heavy atom. The van der Waals surface area contributed by atoms with Crippen molar-refractivity contribution in [2.45, 2.75) is 13.1 Å². The summed E-state index contributed by atoms with van der Waals surface area (Å²) in [6, 6.07) is 9.86. The van der Waals surface area contributed by atoms with Crippen LogP contribution in [0, 0.1) is 0 Å². The van der Waals surface area contributed by atoms with Gasteiger partial charge in [-0.1, -0.05) is 6.07 Å². The molecule has 4 heteroatoms. The molecule has 0 unspecified atom stereocenters. The van der Waals surface area contributed by atoms with Gasteiger partial charge in [-0.05, 0) is 24.3 Å². The zero-order valence-electron chi connectivity index (χ0n) is 9.87. The van der Waals surface area contributed by atoms with Gasteiger partial charge in [0.25, 0.3) is 0 Å². The Morgan fingerprint density at radius 2 is 1.94 bits per heavy atom. The SMILES string of the molecule is CN(Cc1ccccn1)c1cccnc1CN. The van der Waals surface area contributed by atoms with Crippen LogP contribution in [0.25, 0.3) is 0 Å². The van der Waals surface area contributed by atoms with E-state index in [0.717, 1.165) is 23.6 Å². The number of hydrogen-bond acceptors (Lipinski definition) is 4. The third kappa shape index (κ3) is 2.79. The Balaban J connectivity index is 2.17. The van der Waals surface area contributed by atoms with Gasteiger partial charge in [0.2, 0.25) is 0 Å². The molecule has 0 aromatic carbocycles. The average molecular weight is 228 g/mol. The summed E-state index contributed by atoms with van der Waals surface area (Å²) in [5, 5.41) is 0. The van der Waals surface area contributed by atoms with E-state index >= 15 is 0 Å². The molecule has 0 amide bonds. The van der Waals surface area contributed by atoms with Crippen molar-refractivity contribution in [1.82, 2.24) is 9.97 Å². The summed E-state index contributed by atoms with van der Waals surface area (Å²) < 4.78 is 0. The first-order chi connectivity index (χ1) is 8.31. The molecule has 2 aromatic rings. The highest BCUT2D eigenvalue weighted by atomic mass is 15.1. The first kappa shape index (κ1) is 11.5. The highest BCUT2D eigenvalue weighted by Crippen LogP contribution is 2.17. The molecule has 2 rings (SSSR count). The second-order valence-corrected chi connectivity index (χ2v) is 3.85. The number of nitrogens with two attached hydrogens (primary N) is 1. The monoisotopic (exact) mass is 228 g/mol. The van der Waals surface area contributed by atoms with Gasteiger partial charge in [0.05, 0.1) is 23.6 Å². The molecule has 0 atom stereocenters. The molecule has 0 aliphatic rings. The summed E-state index contributed by atoms with van der Waals surface area (Å²) in [4.78, 5) is 10.7. The Labute approximate surface area is 101 Å². The summed E-state index contributed by atoms with van der Waals surface area (Å²) in [5.74, 6) is 0. The normalized spacial score (nSPS) is 10.2. The molecule has 0 aliphatic heterocycles. The summed E-state index contributed by atoms with van der Waals surface area (Å²) in [7, 11) is 2.02. The van der Waals surface area contributed by atoms with Crippen molar-refractivity contribution in [3.05, 3.63) is 54.1 Å². The van der Waals surface area contributed by atoms with Crippen molar-refractivity contribution in [3.63, 3.8) is 0 Å². The van der Waals surface area contributed by atoms with Crippen molar-refractivity contribution in [1.29, 1.82) is 0 Å². The number of nitrogens with zero attached hydrogens (tertiary/aromatic N) is 3. The van der Waals surface area contributed by atoms with Crippen LogP contribution >= 0.6 is 0 Å². The van der Waals surface area contributed by atoms with E-state index in [1.54, 1.807) is 12.4 Å². The highest BCUT2D eigenvalue weighted by Gasteiger charge is 2.07. The quantitative estimate of drug-likeness (QED) is 0.863. The van der Waals surface area contributed by atoms with Gasteiger partial charge < -0.3 is 10.6 Å². The van der Waals surface area contributed by atoms with E-state index in [-0.39, 0.29) is 0 Å². The van der Waals surface area contributed by atoms with E-state index in [4.69, 9.17) is 5.73 Å². The minimum atomic E-state index is 0.447. The van der Waals surface area contributed by atoms with E-state index in [9.17, 15) is 0 Å². The van der Waals surface area contributed by atoms with Gasteiger partial charge in [-0.3, -0.25) is 9.97 Å². The molecule has 2 aromatic heterocycles. The van der Waals surface area contributed by atoms with Crippen LogP contribution < -0.4 is 10.6 Å². The van der Waals surface area contributed by atoms with Crippen molar-refractivity contribution in [3.8, 4) is 0 Å². The molecule has 0 aliphatic carbocycles. The minimum absolute atomic E-state index is 0.447. The third-order valence-electron chi connectivity index (χ3n) is 2.60. The largest absolute Gasteiger partial charge is 0.367 e. The van der Waals surface area contributed by atoms with E-state index in [1.807, 2.05) is 37.4 Å². The first-order valence-corrected chi connectivity index (χ1v) is 5.56. The van der Waals surface area contributed by atoms with Gasteiger partial charge in [-0.2, -0.15) is 0 Å². The van der Waals surface area contributed by atoms with Crippen LogP contribution in [0.15, 0.2) is 42.7 Å². The number of pyridine rings is 2. The molecule has 0 radical (unpaired) electrons. The van der Waals surface area contributed by atoms with Gasteiger partial charge in [-0.15, -0.1) is 0 Å². The van der Waals surface area contributed by atoms with Crippen molar-refractivity contribution in [2.24, 2.45) is 5.73 Å². The number of rotatable bonds is 4. The Hall–Kier alpha value is -1.94. The predicted molar refractivity (Wildman–Crippen MR) is 68.5 cm³/mol. The van der Waals surface area contributed by atoms with Crippen molar-refractivity contribution < 1.29 is 0 Å². The fraction of sp³-hybridized carbons (Fsp3) is 0.231. The van der Waals surface area contributed by atoms with Crippen LogP contribution in [-0.2, 0) is 13.1 Å². The molecule has 0 fully saturated rings. The molecule has 0 spiro atoms. The minimum Gasteiger partial charge on any atom is -0.367 e. The summed E-state index contributed by atoms with van der Waals surface area (Å²) in [5.41, 5.74) is 8.67. The Bertz CT molecular complexity index is 470. The Kier molecular flexibility index (Phi) is 3.67. The maximum Gasteiger partial charge on any atom is 0.0772 e. The third-order valence-corrected chi connectivity index (χ3v) is 2.60. The Morgan fingerprint density at radius 1 is 1.12 bits per heavy atom. The lowest BCUT2D eigenvalue weighted by Crippen LogP contribution is -2.20. The topological polar surface area (TPSA) is 55.0 Å². The summed E-state index contributed by atoms with van der Waals surface area (Å²) >= 11 is 0. The molecular formula is C13H16N4. The lowest BCUT2D eigenvalue weighted by atomic mass is 10.2. The number of aromatic nitrogens is 2. The predicted octanol–water partition coefficient (Wildman–Crippen LogP) is 1.57. The van der Waals surface area contributed by atoms with Crippen LogP contribution in [0.3, 0.4) is 0 Å². The van der Waals surface area contributed by atoms with Gasteiger partial charge in [-0.25, -0.2) is 0 Å². The summed E-state index contributed by atoms with van der Waals surface area (Å²) in [6.45, 7) is 1.20. The average Bonchev–Trinajstić information content (AvgIpc) is 2.40. The zero-order chi connectivity index (χ0) is 12.1. The van der Waals surface area contributed by atoms with E-state index in [2.05, 4.69) is 14.9 Å². The smallest absolute Gasteiger partial charge is 0.0772 e. The van der Waals surface area contributed by atoms with Gasteiger partial charge in [0, 0.05) is 26.0 Å². The van der Waals surface area contributed by atoms with Gasteiger partial charge in [0.1, 0.15) is 0 Å². The molecule has 4 nitrogen and oxygen atoms in total. The maximum atomic E-state index is 5.68. The van der Waals surface area contributed by atoms with E-state index in [0.29, 0.717) is 6.54 Å². The van der Waals surface area contributed by atoms with Crippen LogP contribution in [0.5, 0.6) is 0 Å². The molecule has 2 N–H and O–H groups in total. The lowest BCUT2D eigenvalue weighted by Gasteiger charge is -2.20. The molecule has 2 heterocycles. The lowest BCUT2D eigenvalue weighted by molar-refractivity contribution is 0.859. The highest BCUT2D eigenvalue weighted by molar-refractivity contribution is 5.49. The fourth-order valence-electron chi connectivity index (χ4n) is 1.75. The second kappa shape index (κ2) is 5.41. The zero-order valence-corrected chi connectivity index (χ0v) is 9.87. The standard InChI is InChI=1S/C13H16N4/c1-17(10-11-5-2-3-7-15-11)13-6-4-8-16-12(13)9-14/h2-8H,9-10,14H2,1H3. The van der Waals surface area contributed by atoms with Crippen LogP contribution in [0.2, 0.25) is 0 Å². The van der Waals surface area contributed by atoms with Crippen LogP contribution in [-0.4, -0.2) is 17.0 Å². The molecule has 0 saturated heterocycles. The fourth-order valence-corrected chi connectivity index (χ4v) is 1.75. The number of hydrogen-bond donors (Lipinski definition) is 1. The van der Waals surface area contributed by atoms with Crippen LogP contribution in [0.1, 0.15) is 11.4 Å². The summed E-state index contributed by atoms with van der Waals surface area (Å²) in [6.07, 6.45) is 3.57. The second-order valence-electron chi connectivity index (χ2n) is 3.85. The van der Waals surface area contributed by atoms with Crippen molar-refractivity contribution >= 4 is 5.69 Å². The van der Waals surface area contributed by atoms with Gasteiger partial charge >= 0.3 is 0 Å². The molecule has 17 heavy (non-hydrogen) atoms. The van der Waals surface area contributed by atoms with Crippen LogP contribution in [0.4, 0.5) is 5.69 Å². The molecular weight excluding hydrogens is 212 g/mol. The maximum absolute atomic E-state index is 5.68. The van der Waals surface area contributed by atoms with Crippen molar-refractivity contribution in [2.75, 3.05) is 11.9 Å². The van der Waals surface area contributed by atoms with E-state index in [1.165, 1.54) is 0 Å². The molecule has 0 bridgehead atoms.